The Kier molecular flexibility index (Phi) is 5.94. The van der Waals surface area contributed by atoms with Gasteiger partial charge in [0.1, 0.15) is 5.82 Å². The zero-order chi connectivity index (χ0) is 22.0. The van der Waals surface area contributed by atoms with E-state index < -0.39 is 10.0 Å². The first kappa shape index (κ1) is 21.3. The van der Waals surface area contributed by atoms with Gasteiger partial charge in [-0.1, -0.05) is 67.9 Å². The Balaban J connectivity index is 1.57. The maximum atomic E-state index is 12.8. The number of hydrogen-bond donors (Lipinski definition) is 1. The number of sulfonamides is 1. The lowest BCUT2D eigenvalue weighted by Gasteiger charge is -2.12. The minimum atomic E-state index is -3.58. The Hall–Kier alpha value is -2.96. The summed E-state index contributed by atoms with van der Waals surface area (Å²) in [6.07, 6.45) is 0. The highest BCUT2D eigenvalue weighted by atomic mass is 32.2. The van der Waals surface area contributed by atoms with Gasteiger partial charge in [0.05, 0.1) is 15.9 Å². The molecule has 0 atom stereocenters. The highest BCUT2D eigenvalue weighted by Gasteiger charge is 2.16. The third-order valence-corrected chi connectivity index (χ3v) is 6.93. The van der Waals surface area contributed by atoms with Crippen molar-refractivity contribution in [1.82, 2.24) is 14.3 Å². The predicted octanol–water partition coefficient (Wildman–Crippen LogP) is 5.11. The molecule has 5 nitrogen and oxygen atoms in total. The van der Waals surface area contributed by atoms with Crippen LogP contribution < -0.4 is 4.72 Å². The van der Waals surface area contributed by atoms with Crippen LogP contribution in [-0.2, 0) is 16.6 Å². The van der Waals surface area contributed by atoms with Crippen LogP contribution in [0.25, 0.3) is 22.4 Å². The summed E-state index contributed by atoms with van der Waals surface area (Å²) in [5.74, 6) is 1.20. The minimum absolute atomic E-state index is 0.271. The van der Waals surface area contributed by atoms with Gasteiger partial charge in [0.2, 0.25) is 10.0 Å². The lowest BCUT2D eigenvalue weighted by Crippen LogP contribution is -2.27. The molecule has 3 aromatic carbocycles. The minimum Gasteiger partial charge on any atom is -0.323 e. The molecule has 0 saturated heterocycles. The Bertz CT molecular complexity index is 1290. The maximum absolute atomic E-state index is 12.8. The van der Waals surface area contributed by atoms with Crippen molar-refractivity contribution in [3.8, 4) is 11.4 Å². The maximum Gasteiger partial charge on any atom is 0.240 e. The summed E-state index contributed by atoms with van der Waals surface area (Å²) < 4.78 is 30.3. The third-order valence-electron chi connectivity index (χ3n) is 5.45. The molecule has 0 aliphatic heterocycles. The molecular weight excluding hydrogens is 406 g/mol. The van der Waals surface area contributed by atoms with Crippen LogP contribution in [0.5, 0.6) is 0 Å². The van der Waals surface area contributed by atoms with E-state index in [1.165, 1.54) is 5.56 Å². The standard InChI is InChI=1S/C25H27N3O2S/c1-18(2)20-12-14-22(15-13-20)31(29,30)26-16-17-28-24-7-5-4-6-23(24)27-25(28)21-10-8-19(3)9-11-21/h4-15,18,26H,16-17H2,1-3H3. The largest absolute Gasteiger partial charge is 0.323 e. The van der Waals surface area contributed by atoms with Crippen molar-refractivity contribution >= 4 is 21.1 Å². The summed E-state index contributed by atoms with van der Waals surface area (Å²) >= 11 is 0. The number of aryl methyl sites for hydroxylation is 1. The van der Waals surface area contributed by atoms with Crippen LogP contribution in [0.2, 0.25) is 0 Å². The molecule has 0 bridgehead atoms. The van der Waals surface area contributed by atoms with E-state index in [-0.39, 0.29) is 11.4 Å². The van der Waals surface area contributed by atoms with Gasteiger partial charge in [-0.05, 0) is 42.7 Å². The van der Waals surface area contributed by atoms with E-state index in [0.717, 1.165) is 28.0 Å². The molecule has 0 aliphatic rings. The van der Waals surface area contributed by atoms with Crippen molar-refractivity contribution in [3.05, 3.63) is 83.9 Å². The molecule has 1 heterocycles. The van der Waals surface area contributed by atoms with Gasteiger partial charge in [0.25, 0.3) is 0 Å². The molecule has 0 amide bonds. The van der Waals surface area contributed by atoms with E-state index in [1.54, 1.807) is 12.1 Å². The van der Waals surface area contributed by atoms with E-state index in [4.69, 9.17) is 4.98 Å². The first-order chi connectivity index (χ1) is 14.8. The number of hydrogen-bond acceptors (Lipinski definition) is 3. The van der Waals surface area contributed by atoms with Crippen LogP contribution in [0.3, 0.4) is 0 Å². The Morgan fingerprint density at radius 3 is 2.29 bits per heavy atom. The molecule has 0 aliphatic carbocycles. The van der Waals surface area contributed by atoms with Crippen LogP contribution in [0.15, 0.2) is 77.7 Å². The highest BCUT2D eigenvalue weighted by Crippen LogP contribution is 2.25. The monoisotopic (exact) mass is 433 g/mol. The molecule has 4 rings (SSSR count). The van der Waals surface area contributed by atoms with Gasteiger partial charge in [-0.2, -0.15) is 0 Å². The molecule has 160 valence electrons. The van der Waals surface area contributed by atoms with Crippen molar-refractivity contribution in [3.63, 3.8) is 0 Å². The van der Waals surface area contributed by atoms with E-state index >= 15 is 0 Å². The van der Waals surface area contributed by atoms with Gasteiger partial charge in [-0.3, -0.25) is 0 Å². The predicted molar refractivity (Wildman–Crippen MR) is 126 cm³/mol. The summed E-state index contributed by atoms with van der Waals surface area (Å²) in [5.41, 5.74) is 5.19. The fraction of sp³-hybridized carbons (Fsp3) is 0.240. The number of nitrogens with one attached hydrogen (secondary N) is 1. The summed E-state index contributed by atoms with van der Waals surface area (Å²) in [6, 6.07) is 23.2. The molecule has 0 saturated carbocycles. The normalized spacial score (nSPS) is 12.0. The van der Waals surface area contributed by atoms with Crippen molar-refractivity contribution in [2.45, 2.75) is 38.1 Å². The Morgan fingerprint density at radius 2 is 1.61 bits per heavy atom. The van der Waals surface area contributed by atoms with Crippen molar-refractivity contribution in [2.24, 2.45) is 0 Å². The highest BCUT2D eigenvalue weighted by molar-refractivity contribution is 7.89. The van der Waals surface area contributed by atoms with E-state index in [9.17, 15) is 8.42 Å². The number of benzene rings is 3. The fourth-order valence-corrected chi connectivity index (χ4v) is 4.65. The number of imidazole rings is 1. The summed E-state index contributed by atoms with van der Waals surface area (Å²) in [6.45, 7) is 6.97. The van der Waals surface area contributed by atoms with Crippen LogP contribution >= 0.6 is 0 Å². The summed E-state index contributed by atoms with van der Waals surface area (Å²) in [4.78, 5) is 5.08. The molecule has 0 fully saturated rings. The van der Waals surface area contributed by atoms with Crippen molar-refractivity contribution < 1.29 is 8.42 Å². The molecule has 31 heavy (non-hydrogen) atoms. The molecule has 1 aromatic heterocycles. The van der Waals surface area contributed by atoms with E-state index in [2.05, 4.69) is 42.2 Å². The molecule has 0 spiro atoms. The van der Waals surface area contributed by atoms with Gasteiger partial charge in [0.15, 0.2) is 0 Å². The summed E-state index contributed by atoms with van der Waals surface area (Å²) in [5, 5.41) is 0. The fourth-order valence-electron chi connectivity index (χ4n) is 3.63. The van der Waals surface area contributed by atoms with E-state index in [0.29, 0.717) is 12.5 Å². The smallest absolute Gasteiger partial charge is 0.240 e. The summed E-state index contributed by atoms with van der Waals surface area (Å²) in [7, 11) is -3.58. The average Bonchev–Trinajstić information content (AvgIpc) is 3.13. The molecular formula is C25H27N3O2S. The lowest BCUT2D eigenvalue weighted by molar-refractivity contribution is 0.574. The zero-order valence-corrected chi connectivity index (χ0v) is 18.9. The van der Waals surface area contributed by atoms with Crippen LogP contribution in [0.1, 0.15) is 30.9 Å². The second-order valence-corrected chi connectivity index (χ2v) is 9.83. The van der Waals surface area contributed by atoms with Crippen molar-refractivity contribution in [2.75, 3.05) is 6.54 Å². The van der Waals surface area contributed by atoms with Gasteiger partial charge in [0, 0.05) is 18.7 Å². The zero-order valence-electron chi connectivity index (χ0n) is 18.0. The van der Waals surface area contributed by atoms with E-state index in [1.807, 2.05) is 48.5 Å². The molecule has 4 aromatic rings. The molecule has 1 N–H and O–H groups in total. The topological polar surface area (TPSA) is 64.0 Å². The van der Waals surface area contributed by atoms with Crippen molar-refractivity contribution in [1.29, 1.82) is 0 Å². The van der Waals surface area contributed by atoms with Crippen LogP contribution in [0.4, 0.5) is 0 Å². The van der Waals surface area contributed by atoms with Crippen LogP contribution in [0, 0.1) is 6.92 Å². The number of aromatic nitrogens is 2. The number of fused-ring (bicyclic) bond motifs is 1. The molecule has 0 unspecified atom stereocenters. The average molecular weight is 434 g/mol. The molecule has 6 heteroatoms. The second-order valence-electron chi connectivity index (χ2n) is 8.06. The Morgan fingerprint density at radius 1 is 0.935 bits per heavy atom. The van der Waals surface area contributed by atoms with Gasteiger partial charge in [-0.25, -0.2) is 18.1 Å². The number of nitrogens with zero attached hydrogens (tertiary/aromatic N) is 2. The SMILES string of the molecule is Cc1ccc(-c2nc3ccccc3n2CCNS(=O)(=O)c2ccc(C(C)C)cc2)cc1. The lowest BCUT2D eigenvalue weighted by atomic mass is 10.0. The molecule has 0 radical (unpaired) electrons. The van der Waals surface area contributed by atoms with Gasteiger partial charge >= 0.3 is 0 Å². The third kappa shape index (κ3) is 4.55. The Labute approximate surface area is 183 Å². The quantitative estimate of drug-likeness (QED) is 0.440. The number of rotatable bonds is 7. The second kappa shape index (κ2) is 8.65. The first-order valence-corrected chi connectivity index (χ1v) is 12.0. The van der Waals surface area contributed by atoms with Gasteiger partial charge in [-0.15, -0.1) is 0 Å². The number of para-hydroxylation sites is 2. The van der Waals surface area contributed by atoms with Gasteiger partial charge < -0.3 is 4.57 Å². The van der Waals surface area contributed by atoms with Crippen LogP contribution in [-0.4, -0.2) is 24.5 Å². The first-order valence-electron chi connectivity index (χ1n) is 10.5.